The number of nitrogens with one attached hydrogen (secondary N) is 1. The standard InChI is InChI=1S/C17H19NO3S/c1-11-3-5-13(6-4-11)9-12(2)16(19)18-10-14-7-8-15(22-14)17(20)21/h3-8,12H,9-10H2,1-2H3,(H,18,19)(H,20,21). The van der Waals surface area contributed by atoms with E-state index in [2.05, 4.69) is 5.32 Å². The van der Waals surface area contributed by atoms with Crippen LogP contribution in [0.2, 0.25) is 0 Å². The minimum Gasteiger partial charge on any atom is -0.477 e. The van der Waals surface area contributed by atoms with Gasteiger partial charge in [0.05, 0.1) is 6.54 Å². The summed E-state index contributed by atoms with van der Waals surface area (Å²) < 4.78 is 0. The quantitative estimate of drug-likeness (QED) is 0.859. The van der Waals surface area contributed by atoms with Gasteiger partial charge in [-0.05, 0) is 31.0 Å². The van der Waals surface area contributed by atoms with Crippen LogP contribution in [0.3, 0.4) is 0 Å². The highest BCUT2D eigenvalue weighted by molar-refractivity contribution is 7.13. The molecule has 1 heterocycles. The van der Waals surface area contributed by atoms with E-state index < -0.39 is 5.97 Å². The normalized spacial score (nSPS) is 11.9. The molecule has 1 aromatic heterocycles. The highest BCUT2D eigenvalue weighted by atomic mass is 32.1. The SMILES string of the molecule is Cc1ccc(CC(C)C(=O)NCc2ccc(C(=O)O)s2)cc1. The minimum atomic E-state index is -0.935. The van der Waals surface area contributed by atoms with E-state index in [-0.39, 0.29) is 16.7 Å². The zero-order chi connectivity index (χ0) is 16.1. The topological polar surface area (TPSA) is 66.4 Å². The average Bonchev–Trinajstić information content (AvgIpc) is 2.96. The van der Waals surface area contributed by atoms with Crippen molar-refractivity contribution in [3.05, 3.63) is 57.3 Å². The van der Waals surface area contributed by atoms with Crippen molar-refractivity contribution in [1.82, 2.24) is 5.32 Å². The fraction of sp³-hybridized carbons (Fsp3) is 0.294. The number of amides is 1. The zero-order valence-electron chi connectivity index (χ0n) is 12.6. The summed E-state index contributed by atoms with van der Waals surface area (Å²) in [6.45, 7) is 4.30. The molecular weight excluding hydrogens is 298 g/mol. The van der Waals surface area contributed by atoms with Gasteiger partial charge in [0.15, 0.2) is 0 Å². The first-order valence-corrected chi connectivity index (χ1v) is 7.92. The van der Waals surface area contributed by atoms with Crippen molar-refractivity contribution in [2.45, 2.75) is 26.8 Å². The summed E-state index contributed by atoms with van der Waals surface area (Å²) >= 11 is 1.19. The van der Waals surface area contributed by atoms with E-state index >= 15 is 0 Å². The third-order valence-electron chi connectivity index (χ3n) is 3.42. The molecule has 2 rings (SSSR count). The predicted octanol–water partition coefficient (Wildman–Crippen LogP) is 3.25. The Kier molecular flexibility index (Phi) is 5.33. The second-order valence-electron chi connectivity index (χ2n) is 5.38. The molecule has 0 saturated carbocycles. The minimum absolute atomic E-state index is 0.0224. The van der Waals surface area contributed by atoms with Crippen LogP contribution < -0.4 is 5.32 Å². The maximum Gasteiger partial charge on any atom is 0.345 e. The highest BCUT2D eigenvalue weighted by Crippen LogP contribution is 2.16. The number of benzene rings is 1. The number of carboxylic acids is 1. The lowest BCUT2D eigenvalue weighted by molar-refractivity contribution is -0.124. The molecule has 0 aliphatic carbocycles. The molecule has 116 valence electrons. The van der Waals surface area contributed by atoms with Crippen LogP contribution in [-0.2, 0) is 17.8 Å². The van der Waals surface area contributed by atoms with Gasteiger partial charge in [-0.25, -0.2) is 4.79 Å². The molecule has 1 atom stereocenters. The van der Waals surface area contributed by atoms with Gasteiger partial charge in [0.2, 0.25) is 5.91 Å². The lowest BCUT2D eigenvalue weighted by Crippen LogP contribution is -2.29. The van der Waals surface area contributed by atoms with E-state index in [0.717, 1.165) is 10.4 Å². The first kappa shape index (κ1) is 16.2. The fourth-order valence-electron chi connectivity index (χ4n) is 2.11. The number of carbonyl (C=O) groups is 2. The van der Waals surface area contributed by atoms with E-state index in [1.54, 1.807) is 12.1 Å². The number of aryl methyl sites for hydroxylation is 1. The molecule has 1 amide bonds. The van der Waals surface area contributed by atoms with Gasteiger partial charge in [0, 0.05) is 10.8 Å². The molecule has 0 fully saturated rings. The van der Waals surface area contributed by atoms with E-state index in [1.165, 1.54) is 16.9 Å². The number of carbonyl (C=O) groups excluding carboxylic acids is 1. The van der Waals surface area contributed by atoms with Crippen LogP contribution in [0.5, 0.6) is 0 Å². The Morgan fingerprint density at radius 3 is 2.45 bits per heavy atom. The fourth-order valence-corrected chi connectivity index (χ4v) is 2.89. The average molecular weight is 317 g/mol. The maximum atomic E-state index is 12.1. The molecular formula is C17H19NO3S. The summed E-state index contributed by atoms with van der Waals surface area (Å²) in [7, 11) is 0. The molecule has 1 unspecified atom stereocenters. The van der Waals surface area contributed by atoms with Crippen LogP contribution in [0.4, 0.5) is 0 Å². The first-order valence-electron chi connectivity index (χ1n) is 7.11. The smallest absolute Gasteiger partial charge is 0.345 e. The summed E-state index contributed by atoms with van der Waals surface area (Å²) in [4.78, 5) is 24.0. The Bertz CT molecular complexity index is 661. The van der Waals surface area contributed by atoms with E-state index in [4.69, 9.17) is 5.11 Å². The molecule has 0 bridgehead atoms. The molecule has 5 heteroatoms. The number of aromatic carboxylic acids is 1. The maximum absolute atomic E-state index is 12.1. The van der Waals surface area contributed by atoms with Crippen LogP contribution in [0.25, 0.3) is 0 Å². The highest BCUT2D eigenvalue weighted by Gasteiger charge is 2.14. The largest absolute Gasteiger partial charge is 0.477 e. The Morgan fingerprint density at radius 1 is 1.18 bits per heavy atom. The molecule has 4 nitrogen and oxygen atoms in total. The van der Waals surface area contributed by atoms with Crippen LogP contribution in [0.15, 0.2) is 36.4 Å². The molecule has 0 spiro atoms. The van der Waals surface area contributed by atoms with Gasteiger partial charge in [0.25, 0.3) is 0 Å². The van der Waals surface area contributed by atoms with Gasteiger partial charge in [-0.15, -0.1) is 11.3 Å². The summed E-state index contributed by atoms with van der Waals surface area (Å²) in [5.74, 6) is -1.08. The van der Waals surface area contributed by atoms with Gasteiger partial charge < -0.3 is 10.4 Å². The Labute approximate surface area is 133 Å². The molecule has 0 aliphatic rings. The third kappa shape index (κ3) is 4.43. The van der Waals surface area contributed by atoms with Gasteiger partial charge in [-0.2, -0.15) is 0 Å². The summed E-state index contributed by atoms with van der Waals surface area (Å²) in [5.41, 5.74) is 2.34. The number of rotatable bonds is 6. The molecule has 0 saturated heterocycles. The number of hydrogen-bond donors (Lipinski definition) is 2. The van der Waals surface area contributed by atoms with Crippen LogP contribution >= 0.6 is 11.3 Å². The molecule has 0 aliphatic heterocycles. The Balaban J connectivity index is 1.85. The van der Waals surface area contributed by atoms with Gasteiger partial charge in [0.1, 0.15) is 4.88 Å². The van der Waals surface area contributed by atoms with Crippen LogP contribution in [0, 0.1) is 12.8 Å². The van der Waals surface area contributed by atoms with Crippen molar-refractivity contribution in [1.29, 1.82) is 0 Å². The second kappa shape index (κ2) is 7.22. The van der Waals surface area contributed by atoms with Crippen LogP contribution in [-0.4, -0.2) is 17.0 Å². The van der Waals surface area contributed by atoms with E-state index in [9.17, 15) is 9.59 Å². The van der Waals surface area contributed by atoms with Crippen molar-refractivity contribution >= 4 is 23.2 Å². The molecule has 2 aromatic rings. The monoisotopic (exact) mass is 317 g/mol. The summed E-state index contributed by atoms with van der Waals surface area (Å²) in [5, 5.41) is 11.7. The Hall–Kier alpha value is -2.14. The molecule has 0 radical (unpaired) electrons. The molecule has 2 N–H and O–H groups in total. The Morgan fingerprint density at radius 2 is 1.86 bits per heavy atom. The second-order valence-corrected chi connectivity index (χ2v) is 6.55. The van der Waals surface area contributed by atoms with E-state index in [1.807, 2.05) is 38.1 Å². The van der Waals surface area contributed by atoms with Crippen molar-refractivity contribution in [2.75, 3.05) is 0 Å². The van der Waals surface area contributed by atoms with Gasteiger partial charge in [-0.1, -0.05) is 36.8 Å². The third-order valence-corrected chi connectivity index (χ3v) is 4.49. The lowest BCUT2D eigenvalue weighted by Gasteiger charge is -2.12. The summed E-state index contributed by atoms with van der Waals surface area (Å²) in [6.07, 6.45) is 0.691. The van der Waals surface area contributed by atoms with Crippen molar-refractivity contribution in [2.24, 2.45) is 5.92 Å². The lowest BCUT2D eigenvalue weighted by atomic mass is 9.99. The van der Waals surface area contributed by atoms with Gasteiger partial charge >= 0.3 is 5.97 Å². The van der Waals surface area contributed by atoms with Gasteiger partial charge in [-0.3, -0.25) is 4.79 Å². The van der Waals surface area contributed by atoms with Crippen molar-refractivity contribution < 1.29 is 14.7 Å². The van der Waals surface area contributed by atoms with Crippen molar-refractivity contribution in [3.8, 4) is 0 Å². The number of hydrogen-bond acceptors (Lipinski definition) is 3. The molecule has 1 aromatic carbocycles. The van der Waals surface area contributed by atoms with Crippen LogP contribution in [0.1, 0.15) is 32.6 Å². The number of carboxylic acid groups (broad SMARTS) is 1. The van der Waals surface area contributed by atoms with Crippen molar-refractivity contribution in [3.63, 3.8) is 0 Å². The summed E-state index contributed by atoms with van der Waals surface area (Å²) in [6, 6.07) is 11.5. The zero-order valence-corrected chi connectivity index (χ0v) is 13.4. The first-order chi connectivity index (χ1) is 10.5. The number of thiophene rings is 1. The predicted molar refractivity (Wildman–Crippen MR) is 87.2 cm³/mol. The molecule has 22 heavy (non-hydrogen) atoms. The van der Waals surface area contributed by atoms with E-state index in [0.29, 0.717) is 13.0 Å².